The molecule has 0 bridgehead atoms. The molecule has 0 N–H and O–H groups in total. The van der Waals surface area contributed by atoms with Crippen LogP contribution in [0.2, 0.25) is 5.02 Å². The van der Waals surface area contributed by atoms with E-state index in [9.17, 15) is 4.79 Å². The molecular formula is C14H18BrClN4O. The van der Waals surface area contributed by atoms with Crippen molar-refractivity contribution in [1.82, 2.24) is 19.6 Å². The number of aryl methyl sites for hydroxylation is 2. The van der Waals surface area contributed by atoms with Gasteiger partial charge in [-0.3, -0.25) is 9.48 Å². The van der Waals surface area contributed by atoms with Crippen molar-refractivity contribution in [2.45, 2.75) is 47.1 Å². The van der Waals surface area contributed by atoms with Crippen LogP contribution < -0.4 is 0 Å². The molecule has 0 amide bonds. The lowest BCUT2D eigenvalue weighted by atomic mass is 10.2. The van der Waals surface area contributed by atoms with Gasteiger partial charge in [-0.2, -0.15) is 10.2 Å². The summed E-state index contributed by atoms with van der Waals surface area (Å²) in [6.07, 6.45) is 0.312. The zero-order valence-electron chi connectivity index (χ0n) is 12.7. The van der Waals surface area contributed by atoms with E-state index in [1.54, 1.807) is 13.8 Å². The Labute approximate surface area is 137 Å². The van der Waals surface area contributed by atoms with E-state index in [1.807, 2.05) is 25.5 Å². The number of rotatable bonds is 3. The van der Waals surface area contributed by atoms with Crippen molar-refractivity contribution in [2.75, 3.05) is 0 Å². The number of carbonyl (C=O) groups is 1. The molecule has 5 nitrogen and oxygen atoms in total. The zero-order valence-corrected chi connectivity index (χ0v) is 15.1. The van der Waals surface area contributed by atoms with E-state index < -0.39 is 0 Å². The van der Waals surface area contributed by atoms with E-state index in [2.05, 4.69) is 26.1 Å². The topological polar surface area (TPSA) is 52.7 Å². The Hall–Kier alpha value is -1.14. The summed E-state index contributed by atoms with van der Waals surface area (Å²) in [7, 11) is 0. The second-order valence-electron chi connectivity index (χ2n) is 5.27. The fraction of sp³-hybridized carbons (Fsp3) is 0.500. The molecule has 7 heteroatoms. The summed E-state index contributed by atoms with van der Waals surface area (Å²) in [5.41, 5.74) is 3.28. The van der Waals surface area contributed by atoms with Gasteiger partial charge in [-0.25, -0.2) is 4.68 Å². The van der Waals surface area contributed by atoms with Crippen molar-refractivity contribution < 1.29 is 4.79 Å². The third kappa shape index (κ3) is 2.92. The highest BCUT2D eigenvalue weighted by atomic mass is 79.9. The third-order valence-electron chi connectivity index (χ3n) is 3.56. The van der Waals surface area contributed by atoms with Crippen LogP contribution in [0.4, 0.5) is 0 Å². The number of aromatic nitrogens is 4. The molecule has 1 atom stereocenters. The molecule has 2 heterocycles. The van der Waals surface area contributed by atoms with Crippen molar-refractivity contribution in [3.05, 3.63) is 32.3 Å². The molecule has 0 radical (unpaired) electrons. The summed E-state index contributed by atoms with van der Waals surface area (Å²) in [4.78, 5) is 12.4. The van der Waals surface area contributed by atoms with Gasteiger partial charge >= 0.3 is 0 Å². The molecule has 2 aromatic heterocycles. The van der Waals surface area contributed by atoms with Gasteiger partial charge in [-0.05, 0) is 50.5 Å². The highest BCUT2D eigenvalue weighted by molar-refractivity contribution is 9.10. The highest BCUT2D eigenvalue weighted by Gasteiger charge is 2.20. The van der Waals surface area contributed by atoms with Gasteiger partial charge in [0.25, 0.3) is 0 Å². The Kier molecular flexibility index (Phi) is 4.58. The molecular weight excluding hydrogens is 356 g/mol. The second-order valence-corrected chi connectivity index (χ2v) is 6.44. The molecule has 0 aliphatic carbocycles. The van der Waals surface area contributed by atoms with Crippen LogP contribution in [0, 0.1) is 27.7 Å². The van der Waals surface area contributed by atoms with Crippen LogP contribution in [0.25, 0.3) is 0 Å². The lowest BCUT2D eigenvalue weighted by Crippen LogP contribution is -2.20. The maximum atomic E-state index is 12.4. The van der Waals surface area contributed by atoms with Crippen molar-refractivity contribution >= 4 is 33.4 Å². The monoisotopic (exact) mass is 372 g/mol. The van der Waals surface area contributed by atoms with Crippen molar-refractivity contribution in [2.24, 2.45) is 0 Å². The SMILES string of the molecule is Cc1nn(C(=O)C[C@H](C)n2nc(C)c(Br)c2C)c(C)c1Cl. The Morgan fingerprint density at radius 2 is 1.81 bits per heavy atom. The minimum atomic E-state index is -0.0846. The lowest BCUT2D eigenvalue weighted by molar-refractivity contribution is 0.0863. The summed E-state index contributed by atoms with van der Waals surface area (Å²) in [5, 5.41) is 9.21. The Morgan fingerprint density at radius 1 is 1.19 bits per heavy atom. The molecule has 0 aromatic carbocycles. The first kappa shape index (κ1) is 16.2. The molecule has 0 aliphatic heterocycles. The molecule has 0 fully saturated rings. The van der Waals surface area contributed by atoms with E-state index in [0.717, 1.165) is 15.9 Å². The predicted octanol–water partition coefficient (Wildman–Crippen LogP) is 4.02. The van der Waals surface area contributed by atoms with Gasteiger partial charge in [0.2, 0.25) is 5.91 Å². The smallest absolute Gasteiger partial charge is 0.249 e. The van der Waals surface area contributed by atoms with E-state index in [4.69, 9.17) is 11.6 Å². The number of carbonyl (C=O) groups excluding carboxylic acids is 1. The molecule has 114 valence electrons. The van der Waals surface area contributed by atoms with Crippen molar-refractivity contribution in [3.8, 4) is 0 Å². The van der Waals surface area contributed by atoms with Crippen LogP contribution in [0.3, 0.4) is 0 Å². The van der Waals surface area contributed by atoms with Crippen LogP contribution in [0.5, 0.6) is 0 Å². The van der Waals surface area contributed by atoms with E-state index >= 15 is 0 Å². The fourth-order valence-electron chi connectivity index (χ4n) is 2.36. The van der Waals surface area contributed by atoms with E-state index in [1.165, 1.54) is 4.68 Å². The minimum absolute atomic E-state index is 0.0508. The summed E-state index contributed by atoms with van der Waals surface area (Å²) in [6.45, 7) is 9.47. The molecule has 0 unspecified atom stereocenters. The average molecular weight is 374 g/mol. The minimum Gasteiger partial charge on any atom is -0.272 e. The van der Waals surface area contributed by atoms with Crippen molar-refractivity contribution in [3.63, 3.8) is 0 Å². The normalized spacial score (nSPS) is 12.7. The van der Waals surface area contributed by atoms with Crippen LogP contribution in [0.1, 0.15) is 47.0 Å². The number of hydrogen-bond donors (Lipinski definition) is 0. The molecule has 0 saturated carbocycles. The van der Waals surface area contributed by atoms with Gasteiger partial charge in [0.15, 0.2) is 0 Å². The van der Waals surface area contributed by atoms with Crippen LogP contribution in [-0.2, 0) is 0 Å². The lowest BCUT2D eigenvalue weighted by Gasteiger charge is -2.14. The predicted molar refractivity (Wildman–Crippen MR) is 86.1 cm³/mol. The van der Waals surface area contributed by atoms with Gasteiger partial charge in [0.05, 0.1) is 44.7 Å². The molecule has 0 saturated heterocycles. The number of hydrogen-bond acceptors (Lipinski definition) is 3. The number of halogens is 2. The molecule has 0 aliphatic rings. The van der Waals surface area contributed by atoms with Crippen LogP contribution in [-0.4, -0.2) is 25.5 Å². The third-order valence-corrected chi connectivity index (χ3v) is 5.26. The Balaban J connectivity index is 2.22. The second kappa shape index (κ2) is 5.93. The molecule has 0 spiro atoms. The summed E-state index contributed by atoms with van der Waals surface area (Å²) >= 11 is 9.59. The zero-order chi connectivity index (χ0) is 15.9. The maximum absolute atomic E-state index is 12.4. The van der Waals surface area contributed by atoms with Crippen LogP contribution >= 0.6 is 27.5 Å². The maximum Gasteiger partial charge on any atom is 0.249 e. The Morgan fingerprint density at radius 3 is 2.24 bits per heavy atom. The average Bonchev–Trinajstić information content (AvgIpc) is 2.84. The first-order chi connectivity index (χ1) is 9.73. The van der Waals surface area contributed by atoms with Crippen molar-refractivity contribution in [1.29, 1.82) is 0 Å². The molecule has 21 heavy (non-hydrogen) atoms. The number of nitrogens with zero attached hydrogens (tertiary/aromatic N) is 4. The Bertz CT molecular complexity index is 704. The van der Waals surface area contributed by atoms with Gasteiger partial charge in [0, 0.05) is 0 Å². The summed E-state index contributed by atoms with van der Waals surface area (Å²) in [5.74, 6) is -0.0846. The highest BCUT2D eigenvalue weighted by Crippen LogP contribution is 2.25. The quantitative estimate of drug-likeness (QED) is 0.816. The first-order valence-corrected chi connectivity index (χ1v) is 7.87. The van der Waals surface area contributed by atoms with E-state index in [-0.39, 0.29) is 11.9 Å². The van der Waals surface area contributed by atoms with Gasteiger partial charge in [-0.1, -0.05) is 11.6 Å². The first-order valence-electron chi connectivity index (χ1n) is 6.70. The largest absolute Gasteiger partial charge is 0.272 e. The standard InChI is InChI=1S/C14H18BrClN4O/c1-7(19-10(4)13(15)8(2)17-19)6-12(21)20-11(5)14(16)9(3)18-20/h7H,6H2,1-5H3/t7-/m0/s1. The van der Waals surface area contributed by atoms with E-state index in [0.29, 0.717) is 22.8 Å². The molecule has 2 aromatic rings. The van der Waals surface area contributed by atoms with Crippen LogP contribution in [0.15, 0.2) is 4.47 Å². The fourth-order valence-corrected chi connectivity index (χ4v) is 2.74. The summed E-state index contributed by atoms with van der Waals surface area (Å²) < 4.78 is 4.23. The van der Waals surface area contributed by atoms with Gasteiger partial charge in [0.1, 0.15) is 0 Å². The van der Waals surface area contributed by atoms with Gasteiger partial charge in [-0.15, -0.1) is 0 Å². The summed E-state index contributed by atoms with van der Waals surface area (Å²) in [6, 6.07) is -0.0508. The van der Waals surface area contributed by atoms with Gasteiger partial charge < -0.3 is 0 Å². The molecule has 2 rings (SSSR count).